The van der Waals surface area contributed by atoms with Crippen molar-refractivity contribution in [3.05, 3.63) is 33.3 Å². The molecule has 1 fully saturated rings. The van der Waals surface area contributed by atoms with Gasteiger partial charge in [0.2, 0.25) is 0 Å². The number of benzene rings is 1. The van der Waals surface area contributed by atoms with Crippen LogP contribution < -0.4 is 0 Å². The summed E-state index contributed by atoms with van der Waals surface area (Å²) in [5.74, 6) is -0.916. The van der Waals surface area contributed by atoms with Crippen LogP contribution in [-0.2, 0) is 4.79 Å². The van der Waals surface area contributed by atoms with Gasteiger partial charge in [0, 0.05) is 16.6 Å². The Kier molecular flexibility index (Phi) is 4.70. The lowest BCUT2D eigenvalue weighted by Gasteiger charge is -2.36. The van der Waals surface area contributed by atoms with Crippen LogP contribution in [-0.4, -0.2) is 34.5 Å². The van der Waals surface area contributed by atoms with E-state index >= 15 is 0 Å². The van der Waals surface area contributed by atoms with Crippen LogP contribution in [0.2, 0.25) is 5.02 Å². The maximum absolute atomic E-state index is 12.5. The third-order valence-corrected chi connectivity index (χ3v) is 4.81. The van der Waals surface area contributed by atoms with Gasteiger partial charge in [-0.15, -0.1) is 0 Å². The van der Waals surface area contributed by atoms with Crippen molar-refractivity contribution in [1.82, 2.24) is 4.90 Å². The first kappa shape index (κ1) is 15.3. The minimum absolute atomic E-state index is 0.279. The molecule has 1 aromatic carbocycles. The molecule has 0 aliphatic carbocycles. The summed E-state index contributed by atoms with van der Waals surface area (Å²) in [4.78, 5) is 25.2. The number of aliphatic carboxylic acids is 1. The van der Waals surface area contributed by atoms with Gasteiger partial charge in [-0.1, -0.05) is 18.5 Å². The molecule has 20 heavy (non-hydrogen) atoms. The lowest BCUT2D eigenvalue weighted by Crippen LogP contribution is -2.49. The number of amides is 1. The highest BCUT2D eigenvalue weighted by molar-refractivity contribution is 9.10. The molecule has 1 aliphatic heterocycles. The van der Waals surface area contributed by atoms with Crippen LogP contribution in [0.1, 0.15) is 30.1 Å². The van der Waals surface area contributed by atoms with Crippen molar-refractivity contribution >= 4 is 39.4 Å². The highest BCUT2D eigenvalue weighted by Gasteiger charge is 2.35. The second kappa shape index (κ2) is 6.14. The Hall–Kier alpha value is -1.07. The molecule has 1 amide bonds. The molecule has 0 aromatic heterocycles. The average Bonchev–Trinajstić information content (AvgIpc) is 2.41. The summed E-state index contributed by atoms with van der Waals surface area (Å²) in [6.07, 6.45) is 1.31. The number of nitrogens with zero attached hydrogens (tertiary/aromatic N) is 1. The Bertz CT molecular complexity index is 549. The summed E-state index contributed by atoms with van der Waals surface area (Å²) in [7, 11) is 0. The van der Waals surface area contributed by atoms with Gasteiger partial charge in [0.1, 0.15) is 6.04 Å². The molecule has 2 rings (SSSR count). The minimum atomic E-state index is -0.951. The van der Waals surface area contributed by atoms with Crippen molar-refractivity contribution < 1.29 is 14.7 Å². The SMILES string of the molecule is CC1CCN(C(=O)c2ccc(Br)c(Cl)c2)C(C(=O)O)C1. The van der Waals surface area contributed by atoms with Crippen molar-refractivity contribution in [1.29, 1.82) is 0 Å². The smallest absolute Gasteiger partial charge is 0.326 e. The van der Waals surface area contributed by atoms with Gasteiger partial charge in [-0.05, 0) is 52.9 Å². The van der Waals surface area contributed by atoms with Crippen molar-refractivity contribution in [2.24, 2.45) is 5.92 Å². The molecule has 1 N–H and O–H groups in total. The zero-order valence-electron chi connectivity index (χ0n) is 11.0. The van der Waals surface area contributed by atoms with E-state index in [1.54, 1.807) is 18.2 Å². The Balaban J connectivity index is 2.26. The number of carboxylic acid groups (broad SMARTS) is 1. The summed E-state index contributed by atoms with van der Waals surface area (Å²) in [6, 6.07) is 4.15. The zero-order valence-corrected chi connectivity index (χ0v) is 13.3. The third kappa shape index (κ3) is 3.15. The Morgan fingerprint density at radius 2 is 2.15 bits per heavy atom. The molecular weight excluding hydrogens is 346 g/mol. The van der Waals surface area contributed by atoms with E-state index in [1.165, 1.54) is 4.90 Å². The van der Waals surface area contributed by atoms with Gasteiger partial charge in [-0.2, -0.15) is 0 Å². The topological polar surface area (TPSA) is 57.6 Å². The normalized spacial score (nSPS) is 22.6. The van der Waals surface area contributed by atoms with Crippen LogP contribution in [0.5, 0.6) is 0 Å². The molecule has 0 spiro atoms. The molecule has 2 unspecified atom stereocenters. The van der Waals surface area contributed by atoms with Crippen LogP contribution in [0.4, 0.5) is 0 Å². The maximum Gasteiger partial charge on any atom is 0.326 e. The molecule has 2 atom stereocenters. The third-order valence-electron chi connectivity index (χ3n) is 3.58. The number of piperidine rings is 1. The highest BCUT2D eigenvalue weighted by atomic mass is 79.9. The summed E-state index contributed by atoms with van der Waals surface area (Å²) in [6.45, 7) is 2.47. The fraction of sp³-hybridized carbons (Fsp3) is 0.429. The molecule has 6 heteroatoms. The van der Waals surface area contributed by atoms with Gasteiger partial charge in [-0.3, -0.25) is 4.79 Å². The lowest BCUT2D eigenvalue weighted by molar-refractivity contribution is -0.144. The Morgan fingerprint density at radius 3 is 2.75 bits per heavy atom. The minimum Gasteiger partial charge on any atom is -0.480 e. The zero-order chi connectivity index (χ0) is 14.9. The van der Waals surface area contributed by atoms with Crippen LogP contribution >= 0.6 is 27.5 Å². The van der Waals surface area contributed by atoms with Crippen molar-refractivity contribution in [3.63, 3.8) is 0 Å². The predicted octanol–water partition coefficient (Wildman–Crippen LogP) is 3.43. The number of hydrogen-bond donors (Lipinski definition) is 1. The molecule has 1 aromatic rings. The van der Waals surface area contributed by atoms with E-state index in [-0.39, 0.29) is 5.91 Å². The molecule has 0 radical (unpaired) electrons. The highest BCUT2D eigenvalue weighted by Crippen LogP contribution is 2.27. The van der Waals surface area contributed by atoms with E-state index in [4.69, 9.17) is 11.6 Å². The first-order chi connectivity index (χ1) is 9.40. The summed E-state index contributed by atoms with van der Waals surface area (Å²) >= 11 is 9.25. The number of likely N-dealkylation sites (tertiary alicyclic amines) is 1. The van der Waals surface area contributed by atoms with Crippen molar-refractivity contribution in [2.45, 2.75) is 25.8 Å². The van der Waals surface area contributed by atoms with Gasteiger partial charge in [-0.25, -0.2) is 4.79 Å². The van der Waals surface area contributed by atoms with E-state index < -0.39 is 12.0 Å². The van der Waals surface area contributed by atoms with E-state index in [9.17, 15) is 14.7 Å². The van der Waals surface area contributed by atoms with Gasteiger partial charge in [0.05, 0.1) is 5.02 Å². The van der Waals surface area contributed by atoms with Crippen LogP contribution in [0, 0.1) is 5.92 Å². The maximum atomic E-state index is 12.5. The molecule has 1 aliphatic rings. The lowest BCUT2D eigenvalue weighted by atomic mass is 9.92. The van der Waals surface area contributed by atoms with Crippen molar-refractivity contribution in [2.75, 3.05) is 6.54 Å². The predicted molar refractivity (Wildman–Crippen MR) is 80.0 cm³/mol. The number of carbonyl (C=O) groups is 2. The van der Waals surface area contributed by atoms with E-state index in [0.29, 0.717) is 33.9 Å². The fourth-order valence-electron chi connectivity index (χ4n) is 2.41. The van der Waals surface area contributed by atoms with Gasteiger partial charge in [0.15, 0.2) is 0 Å². The number of rotatable bonds is 2. The van der Waals surface area contributed by atoms with E-state index in [1.807, 2.05) is 6.92 Å². The standard InChI is InChI=1S/C14H15BrClNO3/c1-8-4-5-17(12(6-8)14(19)20)13(18)9-2-3-10(15)11(16)7-9/h2-3,7-8,12H,4-6H2,1H3,(H,19,20). The first-order valence-corrected chi connectivity index (χ1v) is 7.56. The van der Waals surface area contributed by atoms with Crippen LogP contribution in [0.3, 0.4) is 0 Å². The van der Waals surface area contributed by atoms with Gasteiger partial charge in [0.25, 0.3) is 5.91 Å². The second-order valence-electron chi connectivity index (χ2n) is 5.11. The Morgan fingerprint density at radius 1 is 1.45 bits per heavy atom. The van der Waals surface area contributed by atoms with Crippen LogP contribution in [0.25, 0.3) is 0 Å². The van der Waals surface area contributed by atoms with Gasteiger partial charge < -0.3 is 10.0 Å². The fourth-order valence-corrected chi connectivity index (χ4v) is 2.84. The number of carbonyl (C=O) groups excluding carboxylic acids is 1. The molecule has 1 heterocycles. The van der Waals surface area contributed by atoms with Gasteiger partial charge >= 0.3 is 5.97 Å². The quantitative estimate of drug-likeness (QED) is 0.879. The summed E-state index contributed by atoms with van der Waals surface area (Å²) in [5.41, 5.74) is 0.416. The van der Waals surface area contributed by atoms with E-state index in [2.05, 4.69) is 15.9 Å². The molecule has 0 bridgehead atoms. The summed E-state index contributed by atoms with van der Waals surface area (Å²) < 4.78 is 0.706. The summed E-state index contributed by atoms with van der Waals surface area (Å²) in [5, 5.41) is 9.73. The van der Waals surface area contributed by atoms with Crippen molar-refractivity contribution in [3.8, 4) is 0 Å². The largest absolute Gasteiger partial charge is 0.480 e. The monoisotopic (exact) mass is 359 g/mol. The number of hydrogen-bond acceptors (Lipinski definition) is 2. The number of carboxylic acids is 1. The van der Waals surface area contributed by atoms with E-state index in [0.717, 1.165) is 6.42 Å². The molecular formula is C14H15BrClNO3. The van der Waals surface area contributed by atoms with Crippen LogP contribution in [0.15, 0.2) is 22.7 Å². The Labute approximate surface area is 130 Å². The molecule has 4 nitrogen and oxygen atoms in total. The second-order valence-corrected chi connectivity index (χ2v) is 6.37. The number of halogens is 2. The molecule has 1 saturated heterocycles. The molecule has 108 valence electrons. The first-order valence-electron chi connectivity index (χ1n) is 6.39. The average molecular weight is 361 g/mol. The molecule has 0 saturated carbocycles.